The van der Waals surface area contributed by atoms with Gasteiger partial charge in [0.1, 0.15) is 5.75 Å². The van der Waals surface area contributed by atoms with Gasteiger partial charge in [0.05, 0.1) is 30.3 Å². The number of alkyl halides is 3. The van der Waals surface area contributed by atoms with Crippen LogP contribution in [0, 0.1) is 0 Å². The van der Waals surface area contributed by atoms with Crippen molar-refractivity contribution in [3.8, 4) is 5.75 Å². The number of unbranched alkanes of at least 4 members (excludes halogenated alkanes) is 1. The minimum absolute atomic E-state index is 0.0944. The van der Waals surface area contributed by atoms with E-state index in [-0.39, 0.29) is 18.2 Å². The van der Waals surface area contributed by atoms with Gasteiger partial charge in [0.25, 0.3) is 5.91 Å². The zero-order chi connectivity index (χ0) is 24.3. The molecule has 2 aromatic rings. The minimum Gasteiger partial charge on any atom is -0.494 e. The summed E-state index contributed by atoms with van der Waals surface area (Å²) in [5.41, 5.74) is 0.343. The number of piperazine rings is 1. The Hall–Kier alpha value is -3.07. The van der Waals surface area contributed by atoms with Gasteiger partial charge in [0.2, 0.25) is 5.91 Å². The molecule has 1 atom stereocenters. The van der Waals surface area contributed by atoms with Crippen molar-refractivity contribution in [1.82, 2.24) is 4.90 Å². The van der Waals surface area contributed by atoms with E-state index in [2.05, 4.69) is 6.92 Å². The first kappa shape index (κ1) is 24.1. The van der Waals surface area contributed by atoms with Crippen LogP contribution in [-0.4, -0.2) is 55.5 Å². The smallest absolute Gasteiger partial charge is 0.416 e. The van der Waals surface area contributed by atoms with Crippen LogP contribution in [-0.2, 0) is 15.8 Å². The molecule has 2 heterocycles. The molecule has 2 saturated heterocycles. The standard InChI is InChI=1S/C25H28F3N3O3/c1-2-3-15-34-21-9-7-19(8-10-21)31-23(32)17-22(24(31)33)30-13-11-29(12-14-30)20-6-4-5-18(16-20)25(26,27)28/h4-10,16,22H,2-3,11-15,17H2,1H3. The highest BCUT2D eigenvalue weighted by atomic mass is 19.4. The number of imide groups is 1. The van der Waals surface area contributed by atoms with Crippen LogP contribution in [0.3, 0.4) is 0 Å². The third-order valence-electron chi connectivity index (χ3n) is 6.28. The number of halogens is 3. The van der Waals surface area contributed by atoms with Crippen LogP contribution in [0.15, 0.2) is 48.5 Å². The maximum absolute atomic E-state index is 13.1. The number of rotatable bonds is 7. The topological polar surface area (TPSA) is 53.1 Å². The Bertz CT molecular complexity index is 1020. The quantitative estimate of drug-likeness (QED) is 0.441. The summed E-state index contributed by atoms with van der Waals surface area (Å²) in [5, 5.41) is 0. The molecule has 0 radical (unpaired) electrons. The van der Waals surface area contributed by atoms with Crippen molar-refractivity contribution in [2.45, 2.75) is 38.4 Å². The van der Waals surface area contributed by atoms with Crippen LogP contribution in [0.2, 0.25) is 0 Å². The first-order chi connectivity index (χ1) is 16.3. The van der Waals surface area contributed by atoms with Gasteiger partial charge in [0, 0.05) is 31.9 Å². The second-order valence-corrected chi connectivity index (χ2v) is 8.55. The molecule has 34 heavy (non-hydrogen) atoms. The largest absolute Gasteiger partial charge is 0.494 e. The molecular weight excluding hydrogens is 447 g/mol. The van der Waals surface area contributed by atoms with E-state index in [1.165, 1.54) is 11.0 Å². The lowest BCUT2D eigenvalue weighted by molar-refractivity contribution is -0.137. The molecule has 0 saturated carbocycles. The Labute approximate surface area is 196 Å². The van der Waals surface area contributed by atoms with Gasteiger partial charge in [-0.2, -0.15) is 13.2 Å². The molecule has 0 bridgehead atoms. The summed E-state index contributed by atoms with van der Waals surface area (Å²) < 4.78 is 44.8. The molecule has 2 amide bonds. The lowest BCUT2D eigenvalue weighted by Crippen LogP contribution is -2.52. The van der Waals surface area contributed by atoms with E-state index < -0.39 is 17.8 Å². The maximum Gasteiger partial charge on any atom is 0.416 e. The van der Waals surface area contributed by atoms with Crippen LogP contribution in [0.1, 0.15) is 31.7 Å². The molecule has 0 N–H and O–H groups in total. The second kappa shape index (κ2) is 10.0. The third kappa shape index (κ3) is 5.19. The Morgan fingerprint density at radius 2 is 1.68 bits per heavy atom. The predicted molar refractivity (Wildman–Crippen MR) is 123 cm³/mol. The summed E-state index contributed by atoms with van der Waals surface area (Å²) in [6.45, 7) is 4.62. The molecule has 2 aliphatic heterocycles. The van der Waals surface area contributed by atoms with Crippen molar-refractivity contribution in [3.05, 3.63) is 54.1 Å². The highest BCUT2D eigenvalue weighted by Gasteiger charge is 2.43. The van der Waals surface area contributed by atoms with E-state index in [0.717, 1.165) is 25.0 Å². The number of carbonyl (C=O) groups excluding carboxylic acids is 2. The highest BCUT2D eigenvalue weighted by molar-refractivity contribution is 6.22. The molecule has 9 heteroatoms. The van der Waals surface area contributed by atoms with Gasteiger partial charge in [-0.1, -0.05) is 19.4 Å². The zero-order valence-corrected chi connectivity index (χ0v) is 19.1. The summed E-state index contributed by atoms with van der Waals surface area (Å²) in [7, 11) is 0. The van der Waals surface area contributed by atoms with Gasteiger partial charge in [-0.05, 0) is 48.9 Å². The molecule has 6 nitrogen and oxygen atoms in total. The fraction of sp³-hybridized carbons (Fsp3) is 0.440. The monoisotopic (exact) mass is 475 g/mol. The van der Waals surface area contributed by atoms with E-state index in [9.17, 15) is 22.8 Å². The Balaban J connectivity index is 1.37. The van der Waals surface area contributed by atoms with E-state index >= 15 is 0 Å². The van der Waals surface area contributed by atoms with Crippen LogP contribution >= 0.6 is 0 Å². The average molecular weight is 476 g/mol. The van der Waals surface area contributed by atoms with Crippen molar-refractivity contribution in [1.29, 1.82) is 0 Å². The number of hydrogen-bond donors (Lipinski definition) is 0. The van der Waals surface area contributed by atoms with Gasteiger partial charge in [-0.25, -0.2) is 4.90 Å². The number of nitrogens with zero attached hydrogens (tertiary/aromatic N) is 3. The lowest BCUT2D eigenvalue weighted by atomic mass is 10.1. The first-order valence-corrected chi connectivity index (χ1v) is 11.5. The fourth-order valence-corrected chi connectivity index (χ4v) is 4.37. The predicted octanol–water partition coefficient (Wildman–Crippen LogP) is 4.34. The van der Waals surface area contributed by atoms with Crippen molar-refractivity contribution in [2.75, 3.05) is 42.6 Å². The molecule has 2 fully saturated rings. The lowest BCUT2D eigenvalue weighted by Gasteiger charge is -2.38. The van der Waals surface area contributed by atoms with Crippen LogP contribution < -0.4 is 14.5 Å². The number of amides is 2. The molecule has 2 aliphatic rings. The van der Waals surface area contributed by atoms with Crippen molar-refractivity contribution < 1.29 is 27.5 Å². The first-order valence-electron chi connectivity index (χ1n) is 11.5. The van der Waals surface area contributed by atoms with E-state index in [1.807, 2.05) is 9.80 Å². The fourth-order valence-electron chi connectivity index (χ4n) is 4.37. The van der Waals surface area contributed by atoms with E-state index in [1.54, 1.807) is 30.3 Å². The van der Waals surface area contributed by atoms with Crippen LogP contribution in [0.5, 0.6) is 5.75 Å². The SMILES string of the molecule is CCCCOc1ccc(N2C(=O)CC(N3CCN(c4cccc(C(F)(F)F)c4)CC3)C2=O)cc1. The molecule has 0 spiro atoms. The summed E-state index contributed by atoms with van der Waals surface area (Å²) in [4.78, 5) is 30.8. The van der Waals surface area contributed by atoms with Crippen LogP contribution in [0.25, 0.3) is 0 Å². The summed E-state index contributed by atoms with van der Waals surface area (Å²) >= 11 is 0. The third-order valence-corrected chi connectivity index (χ3v) is 6.28. The van der Waals surface area contributed by atoms with Gasteiger partial charge in [0.15, 0.2) is 0 Å². The second-order valence-electron chi connectivity index (χ2n) is 8.55. The van der Waals surface area contributed by atoms with Crippen molar-refractivity contribution in [3.63, 3.8) is 0 Å². The molecule has 1 unspecified atom stereocenters. The minimum atomic E-state index is -4.39. The van der Waals surface area contributed by atoms with Crippen LogP contribution in [0.4, 0.5) is 24.5 Å². The summed E-state index contributed by atoms with van der Waals surface area (Å²) in [6, 6.07) is 11.7. The number of hydrogen-bond acceptors (Lipinski definition) is 5. The van der Waals surface area contributed by atoms with Gasteiger partial charge in [-0.3, -0.25) is 14.5 Å². The molecule has 4 rings (SSSR count). The molecule has 182 valence electrons. The van der Waals surface area contributed by atoms with E-state index in [4.69, 9.17) is 4.74 Å². The maximum atomic E-state index is 13.1. The highest BCUT2D eigenvalue weighted by Crippen LogP contribution is 2.32. The average Bonchev–Trinajstić information content (AvgIpc) is 3.13. The van der Waals surface area contributed by atoms with Gasteiger partial charge < -0.3 is 9.64 Å². The number of anilines is 2. The molecule has 2 aromatic carbocycles. The molecular formula is C25H28F3N3O3. The Morgan fingerprint density at radius 3 is 2.32 bits per heavy atom. The summed E-state index contributed by atoms with van der Waals surface area (Å²) in [6.07, 6.45) is -2.31. The van der Waals surface area contributed by atoms with Gasteiger partial charge in [-0.15, -0.1) is 0 Å². The van der Waals surface area contributed by atoms with E-state index in [0.29, 0.717) is 49.9 Å². The van der Waals surface area contributed by atoms with Crippen molar-refractivity contribution >= 4 is 23.2 Å². The summed E-state index contributed by atoms with van der Waals surface area (Å²) in [5.74, 6) is 0.172. The zero-order valence-electron chi connectivity index (χ0n) is 19.1. The van der Waals surface area contributed by atoms with Crippen molar-refractivity contribution in [2.24, 2.45) is 0 Å². The van der Waals surface area contributed by atoms with Gasteiger partial charge >= 0.3 is 6.18 Å². The number of ether oxygens (including phenoxy) is 1. The molecule has 0 aromatic heterocycles. The number of benzene rings is 2. The molecule has 0 aliphatic carbocycles. The Morgan fingerprint density at radius 1 is 0.971 bits per heavy atom. The number of carbonyl (C=O) groups is 2. The Kier molecular flexibility index (Phi) is 7.11. The normalized spacial score (nSPS) is 19.7.